The van der Waals surface area contributed by atoms with Gasteiger partial charge >= 0.3 is 0 Å². The number of nitrogens with one attached hydrogen (secondary N) is 2. The molecule has 1 rings (SSSR count). The second kappa shape index (κ2) is 13.3. The van der Waals surface area contributed by atoms with Gasteiger partial charge in [0.2, 0.25) is 12.3 Å². The first-order valence-corrected chi connectivity index (χ1v) is 7.09. The molecule has 116 valence electrons. The van der Waals surface area contributed by atoms with E-state index in [0.717, 1.165) is 0 Å². The van der Waals surface area contributed by atoms with Gasteiger partial charge < -0.3 is 10.1 Å². The zero-order chi connectivity index (χ0) is 15.9. The smallest absolute Gasteiger partial charge is 0.249 e. The van der Waals surface area contributed by atoms with E-state index in [2.05, 4.69) is 22.9 Å². The fourth-order valence-electron chi connectivity index (χ4n) is 0.989. The summed E-state index contributed by atoms with van der Waals surface area (Å²) in [7, 11) is 1.66. The monoisotopic (exact) mass is 331 g/mol. The average Bonchev–Trinajstić information content (AvgIpc) is 2.92. The molecule has 1 aromatic rings. The van der Waals surface area contributed by atoms with E-state index < -0.39 is 5.91 Å². The van der Waals surface area contributed by atoms with Crippen LogP contribution in [0, 0.1) is 0 Å². The van der Waals surface area contributed by atoms with Crippen LogP contribution in [0.2, 0.25) is 0 Å². The van der Waals surface area contributed by atoms with E-state index in [0.29, 0.717) is 23.8 Å². The number of aromatic nitrogens is 1. The van der Waals surface area contributed by atoms with Gasteiger partial charge in [-0.25, -0.2) is 10.5 Å². The average molecular weight is 331 g/mol. The zero-order valence-electron chi connectivity index (χ0n) is 11.4. The summed E-state index contributed by atoms with van der Waals surface area (Å²) in [6.45, 7) is 0.665. The molecule has 0 saturated carbocycles. The molecule has 0 spiro atoms. The minimum Gasteiger partial charge on any atom is -0.381 e. The van der Waals surface area contributed by atoms with Crippen LogP contribution < -0.4 is 10.8 Å². The van der Waals surface area contributed by atoms with Crippen molar-refractivity contribution in [1.82, 2.24) is 10.5 Å². The number of anilines is 1. The summed E-state index contributed by atoms with van der Waals surface area (Å²) in [6, 6.07) is 0. The van der Waals surface area contributed by atoms with Crippen molar-refractivity contribution in [2.45, 2.75) is 6.42 Å². The second-order valence-electron chi connectivity index (χ2n) is 3.34. The van der Waals surface area contributed by atoms with E-state index in [9.17, 15) is 9.59 Å². The Kier molecular flexibility index (Phi) is 12.2. The van der Waals surface area contributed by atoms with E-state index in [1.807, 2.05) is 18.2 Å². The first-order chi connectivity index (χ1) is 10.2. The lowest BCUT2D eigenvalue weighted by Crippen LogP contribution is -2.20. The number of carbonyl (C=O) groups is 2. The van der Waals surface area contributed by atoms with E-state index >= 15 is 0 Å². The second-order valence-corrected chi connectivity index (χ2v) is 4.50. The molecule has 0 aliphatic carbocycles. The highest BCUT2D eigenvalue weighted by Crippen LogP contribution is 2.14. The van der Waals surface area contributed by atoms with Crippen molar-refractivity contribution in [3.05, 3.63) is 34.7 Å². The van der Waals surface area contributed by atoms with Crippen molar-refractivity contribution < 1.29 is 19.5 Å². The molecule has 0 unspecified atom stereocenters. The van der Waals surface area contributed by atoms with Crippen LogP contribution in [0.25, 0.3) is 0 Å². The Bertz CT molecular complexity index is 475. The van der Waals surface area contributed by atoms with Gasteiger partial charge in [0, 0.05) is 12.5 Å². The van der Waals surface area contributed by atoms with Gasteiger partial charge in [-0.1, -0.05) is 18.2 Å². The molecule has 21 heavy (non-hydrogen) atoms. The summed E-state index contributed by atoms with van der Waals surface area (Å²) in [5, 5.41) is 14.3. The summed E-state index contributed by atoms with van der Waals surface area (Å²) < 4.78 is 4.74. The molecule has 1 aromatic heterocycles. The van der Waals surface area contributed by atoms with E-state index in [1.165, 1.54) is 16.8 Å². The third-order valence-electron chi connectivity index (χ3n) is 1.80. The molecule has 3 N–H and O–H groups in total. The molecular formula is C12H17N3O4S2. The molecule has 0 radical (unpaired) electrons. The lowest BCUT2D eigenvalue weighted by molar-refractivity contribution is -0.128. The van der Waals surface area contributed by atoms with Crippen LogP contribution in [0.1, 0.15) is 5.69 Å². The molecule has 0 fully saturated rings. The number of methoxy groups -OCH3 is 1. The molecule has 0 aliphatic heterocycles. The third-order valence-corrected chi connectivity index (χ3v) is 2.79. The first kappa shape index (κ1) is 19.3. The quantitative estimate of drug-likeness (QED) is 0.199. The van der Waals surface area contributed by atoms with Crippen LogP contribution in [0.15, 0.2) is 29.0 Å². The van der Waals surface area contributed by atoms with Gasteiger partial charge in [0.25, 0.3) is 0 Å². The van der Waals surface area contributed by atoms with Gasteiger partial charge in [-0.05, 0) is 5.41 Å². The van der Waals surface area contributed by atoms with Gasteiger partial charge in [0.05, 0.1) is 18.7 Å². The maximum atomic E-state index is 10.7. The van der Waals surface area contributed by atoms with Crippen molar-refractivity contribution in [2.24, 2.45) is 0 Å². The van der Waals surface area contributed by atoms with Gasteiger partial charge in [0.1, 0.15) is 0 Å². The maximum Gasteiger partial charge on any atom is 0.249 e. The molecule has 2 amide bonds. The molecule has 0 atom stereocenters. The number of amides is 2. The van der Waals surface area contributed by atoms with Crippen molar-refractivity contribution >= 4 is 41.4 Å². The lowest BCUT2D eigenvalue weighted by atomic mass is 10.3. The molecule has 7 nitrogen and oxygen atoms in total. The maximum absolute atomic E-state index is 10.7. The molecule has 9 heteroatoms. The Morgan fingerprint density at radius 2 is 2.33 bits per heavy atom. The highest BCUT2D eigenvalue weighted by Gasteiger charge is 2.05. The topological polar surface area (TPSA) is 101 Å². The largest absolute Gasteiger partial charge is 0.381 e. The summed E-state index contributed by atoms with van der Waals surface area (Å²) in [6.07, 6.45) is 6.13. The molecule has 0 aliphatic rings. The van der Waals surface area contributed by atoms with Gasteiger partial charge in [-0.2, -0.15) is 12.6 Å². The lowest BCUT2D eigenvalue weighted by Gasteiger charge is -1.93. The van der Waals surface area contributed by atoms with E-state index in [-0.39, 0.29) is 6.42 Å². The summed E-state index contributed by atoms with van der Waals surface area (Å²) in [5.41, 5.74) is 1.99. The number of carbonyl (C=O) groups excluding carboxylic acids is 2. The number of hydroxylamine groups is 1. The predicted octanol–water partition coefficient (Wildman–Crippen LogP) is 1.39. The summed E-state index contributed by atoms with van der Waals surface area (Å²) >= 11 is 5.06. The number of hydrogen-bond donors (Lipinski definition) is 4. The predicted molar refractivity (Wildman–Crippen MR) is 84.6 cm³/mol. The molecule has 0 bridgehead atoms. The number of nitrogens with zero attached hydrogens (tertiary/aromatic N) is 1. The van der Waals surface area contributed by atoms with Crippen LogP contribution >= 0.6 is 24.0 Å². The number of hydrogen-bond acceptors (Lipinski definition) is 7. The Morgan fingerprint density at radius 1 is 1.57 bits per heavy atom. The van der Waals surface area contributed by atoms with Crippen molar-refractivity contribution in [2.75, 3.05) is 19.0 Å². The van der Waals surface area contributed by atoms with Crippen molar-refractivity contribution in [3.8, 4) is 0 Å². The Morgan fingerprint density at radius 3 is 2.90 bits per heavy atom. The minimum absolute atomic E-state index is 0.00641. The Labute approximate surface area is 132 Å². The first-order valence-electron chi connectivity index (χ1n) is 5.70. The highest BCUT2D eigenvalue weighted by molar-refractivity contribution is 7.83. The van der Waals surface area contributed by atoms with Crippen molar-refractivity contribution in [1.29, 1.82) is 0 Å². The van der Waals surface area contributed by atoms with E-state index in [4.69, 9.17) is 9.94 Å². The van der Waals surface area contributed by atoms with Crippen LogP contribution in [-0.4, -0.2) is 36.2 Å². The number of ether oxygens (including phenoxy) is 1. The van der Waals surface area contributed by atoms with Crippen LogP contribution in [0.3, 0.4) is 0 Å². The molecule has 1 heterocycles. The number of allylic oxidation sites excluding steroid dienone is 2. The minimum atomic E-state index is -0.539. The SMILES string of the molecule is COC/C=C/C=C\S.O=CNc1nc(CC(=O)NO)cs1. The molecule has 0 aromatic carbocycles. The van der Waals surface area contributed by atoms with Crippen molar-refractivity contribution in [3.63, 3.8) is 0 Å². The summed E-state index contributed by atoms with van der Waals surface area (Å²) in [4.78, 5) is 24.6. The van der Waals surface area contributed by atoms with Gasteiger partial charge in [-0.3, -0.25) is 14.8 Å². The standard InChI is InChI=1S/C6H7N3O3S.C6H10OS/c10-3-7-6-8-4(2-13-6)1-5(11)9-12;1-7-5-3-2-4-6-8/h2-3,12H,1H2,(H,9,11)(H,7,8,10);2-4,6,8H,5H2,1H3/b;3-2+,6-4-. The summed E-state index contributed by atoms with van der Waals surface area (Å²) in [5.74, 6) is -0.539. The fourth-order valence-corrected chi connectivity index (χ4v) is 1.76. The normalized spacial score (nSPS) is 10.2. The fraction of sp³-hybridized carbons (Fsp3) is 0.250. The molecular weight excluding hydrogens is 314 g/mol. The van der Waals surface area contributed by atoms with Gasteiger partial charge in [-0.15, -0.1) is 11.3 Å². The Hall–Kier alpha value is -1.68. The zero-order valence-corrected chi connectivity index (χ0v) is 13.1. The Balaban J connectivity index is 0.000000433. The van der Waals surface area contributed by atoms with Gasteiger partial charge in [0.15, 0.2) is 5.13 Å². The van der Waals surface area contributed by atoms with Crippen LogP contribution in [0.5, 0.6) is 0 Å². The highest BCUT2D eigenvalue weighted by atomic mass is 32.1. The number of thiazole rings is 1. The number of rotatable bonds is 7. The number of thiol groups is 1. The van der Waals surface area contributed by atoms with Crippen LogP contribution in [-0.2, 0) is 20.7 Å². The third kappa shape index (κ3) is 10.7. The van der Waals surface area contributed by atoms with Crippen LogP contribution in [0.4, 0.5) is 5.13 Å². The van der Waals surface area contributed by atoms with E-state index in [1.54, 1.807) is 17.9 Å². The molecule has 0 saturated heterocycles.